The van der Waals surface area contributed by atoms with Crippen LogP contribution in [0.25, 0.3) is 0 Å². The molecule has 6 nitrogen and oxygen atoms in total. The van der Waals surface area contributed by atoms with Crippen LogP contribution < -0.4 is 24.4 Å². The monoisotopic (exact) mass is 412 g/mol. The molecule has 0 bridgehead atoms. The Labute approximate surface area is 179 Å². The van der Waals surface area contributed by atoms with E-state index in [2.05, 4.69) is 22.3 Å². The summed E-state index contributed by atoms with van der Waals surface area (Å²) in [6.45, 7) is 4.92. The lowest BCUT2D eigenvalue weighted by Gasteiger charge is -2.34. The molecule has 1 aliphatic heterocycles. The van der Waals surface area contributed by atoms with Crippen molar-refractivity contribution in [2.75, 3.05) is 38.3 Å². The number of nitrogens with zero attached hydrogens (tertiary/aromatic N) is 1. The molecule has 0 radical (unpaired) electrons. The summed E-state index contributed by atoms with van der Waals surface area (Å²) in [7, 11) is 1.68. The van der Waals surface area contributed by atoms with E-state index in [0.717, 1.165) is 43.2 Å². The molecule has 2 aromatic rings. The molecule has 0 saturated carbocycles. The quantitative estimate of drug-likeness (QED) is 0.597. The van der Waals surface area contributed by atoms with Gasteiger partial charge in [-0.3, -0.25) is 4.79 Å². The normalized spacial score (nSPS) is 14.3. The smallest absolute Gasteiger partial charge is 0.220 e. The van der Waals surface area contributed by atoms with Gasteiger partial charge in [0.05, 0.1) is 20.3 Å². The van der Waals surface area contributed by atoms with Crippen molar-refractivity contribution < 1.29 is 19.0 Å². The van der Waals surface area contributed by atoms with Crippen LogP contribution in [-0.2, 0) is 4.79 Å². The Hall–Kier alpha value is -2.89. The van der Waals surface area contributed by atoms with E-state index in [0.29, 0.717) is 26.1 Å². The van der Waals surface area contributed by atoms with Crippen LogP contribution in [0.4, 0.5) is 5.69 Å². The molecule has 1 aliphatic rings. The van der Waals surface area contributed by atoms with Gasteiger partial charge in [-0.15, -0.1) is 0 Å². The lowest BCUT2D eigenvalue weighted by molar-refractivity contribution is -0.122. The largest absolute Gasteiger partial charge is 0.497 e. The van der Waals surface area contributed by atoms with Crippen LogP contribution in [0.3, 0.4) is 0 Å². The van der Waals surface area contributed by atoms with Crippen LogP contribution in [0.15, 0.2) is 48.5 Å². The lowest BCUT2D eigenvalue weighted by atomic mass is 10.0. The number of benzene rings is 2. The SMILES string of the molecule is CCOc1ccccc1OCCCC(=O)NC1CCN(c2ccc(OC)cc2)CC1. The van der Waals surface area contributed by atoms with Crippen LogP contribution >= 0.6 is 0 Å². The van der Waals surface area contributed by atoms with Gasteiger partial charge in [-0.05, 0) is 62.6 Å². The van der Waals surface area contributed by atoms with E-state index in [-0.39, 0.29) is 11.9 Å². The Morgan fingerprint density at radius 2 is 1.70 bits per heavy atom. The number of piperidine rings is 1. The van der Waals surface area contributed by atoms with Gasteiger partial charge in [0.2, 0.25) is 5.91 Å². The van der Waals surface area contributed by atoms with E-state index in [4.69, 9.17) is 14.2 Å². The van der Waals surface area contributed by atoms with Crippen LogP contribution in [0.5, 0.6) is 17.2 Å². The van der Waals surface area contributed by atoms with Crippen molar-refractivity contribution in [2.45, 2.75) is 38.6 Å². The van der Waals surface area contributed by atoms with Crippen LogP contribution in [0.1, 0.15) is 32.6 Å². The Morgan fingerprint density at radius 1 is 1.03 bits per heavy atom. The second-order valence-electron chi connectivity index (χ2n) is 7.36. The van der Waals surface area contributed by atoms with E-state index in [1.807, 2.05) is 43.3 Å². The summed E-state index contributed by atoms with van der Waals surface area (Å²) in [5.74, 6) is 2.43. The fourth-order valence-corrected chi connectivity index (χ4v) is 3.63. The summed E-state index contributed by atoms with van der Waals surface area (Å²) in [5, 5.41) is 3.17. The topological polar surface area (TPSA) is 60.0 Å². The summed E-state index contributed by atoms with van der Waals surface area (Å²) >= 11 is 0. The van der Waals surface area contributed by atoms with Crippen LogP contribution in [-0.4, -0.2) is 45.4 Å². The number of methoxy groups -OCH3 is 1. The van der Waals surface area contributed by atoms with Gasteiger partial charge in [-0.25, -0.2) is 0 Å². The molecule has 3 rings (SSSR count). The third-order valence-electron chi connectivity index (χ3n) is 5.25. The minimum absolute atomic E-state index is 0.0968. The molecule has 0 unspecified atom stereocenters. The molecule has 1 amide bonds. The Bertz CT molecular complexity index is 786. The first-order chi connectivity index (χ1) is 14.7. The number of ether oxygens (including phenoxy) is 3. The molecule has 162 valence electrons. The van der Waals surface area contributed by atoms with Gasteiger partial charge in [-0.1, -0.05) is 12.1 Å². The van der Waals surface area contributed by atoms with Crippen molar-refractivity contribution in [1.29, 1.82) is 0 Å². The molecule has 1 fully saturated rings. The number of carbonyl (C=O) groups excluding carboxylic acids is 1. The summed E-state index contributed by atoms with van der Waals surface area (Å²) in [4.78, 5) is 14.6. The minimum atomic E-state index is 0.0968. The molecular weight excluding hydrogens is 380 g/mol. The Balaban J connectivity index is 1.34. The number of hydrogen-bond donors (Lipinski definition) is 1. The molecule has 30 heavy (non-hydrogen) atoms. The number of rotatable bonds is 10. The first kappa shape index (κ1) is 21.8. The van der Waals surface area contributed by atoms with Crippen molar-refractivity contribution in [3.8, 4) is 17.2 Å². The van der Waals surface area contributed by atoms with Crippen molar-refractivity contribution in [1.82, 2.24) is 5.32 Å². The van der Waals surface area contributed by atoms with Gasteiger partial charge in [0, 0.05) is 31.2 Å². The zero-order valence-corrected chi connectivity index (χ0v) is 17.9. The molecule has 0 spiro atoms. The number of anilines is 1. The summed E-state index contributed by atoms with van der Waals surface area (Å²) < 4.78 is 16.6. The average Bonchev–Trinajstić information content (AvgIpc) is 2.78. The first-order valence-electron chi connectivity index (χ1n) is 10.7. The second kappa shape index (κ2) is 11.3. The van der Waals surface area contributed by atoms with Gasteiger partial charge in [0.25, 0.3) is 0 Å². The summed E-state index contributed by atoms with van der Waals surface area (Å²) in [6.07, 6.45) is 3.05. The van der Waals surface area contributed by atoms with E-state index < -0.39 is 0 Å². The van der Waals surface area contributed by atoms with Crippen LogP contribution in [0.2, 0.25) is 0 Å². The van der Waals surface area contributed by atoms with E-state index in [1.54, 1.807) is 7.11 Å². The number of amides is 1. The maximum absolute atomic E-state index is 12.3. The molecular formula is C24H32N2O4. The molecule has 1 heterocycles. The predicted molar refractivity (Wildman–Crippen MR) is 119 cm³/mol. The number of hydrogen-bond acceptors (Lipinski definition) is 5. The van der Waals surface area contributed by atoms with E-state index >= 15 is 0 Å². The molecule has 0 atom stereocenters. The van der Waals surface area contributed by atoms with Gasteiger partial charge in [0.15, 0.2) is 11.5 Å². The van der Waals surface area contributed by atoms with Gasteiger partial charge in [0.1, 0.15) is 5.75 Å². The maximum atomic E-state index is 12.3. The molecule has 0 aliphatic carbocycles. The second-order valence-corrected chi connectivity index (χ2v) is 7.36. The molecule has 1 saturated heterocycles. The highest BCUT2D eigenvalue weighted by Crippen LogP contribution is 2.26. The Morgan fingerprint density at radius 3 is 2.33 bits per heavy atom. The van der Waals surface area contributed by atoms with Crippen LogP contribution in [0, 0.1) is 0 Å². The van der Waals surface area contributed by atoms with Crippen molar-refractivity contribution in [3.63, 3.8) is 0 Å². The first-order valence-corrected chi connectivity index (χ1v) is 10.7. The lowest BCUT2D eigenvalue weighted by Crippen LogP contribution is -2.44. The molecule has 1 N–H and O–H groups in total. The standard InChI is InChI=1S/C24H32N2O4/c1-3-29-22-7-4-5-8-23(22)30-18-6-9-24(27)25-19-14-16-26(17-15-19)20-10-12-21(28-2)13-11-20/h4-5,7-8,10-13,19H,3,6,9,14-18H2,1-2H3,(H,25,27). The third kappa shape index (κ3) is 6.31. The maximum Gasteiger partial charge on any atom is 0.220 e. The highest BCUT2D eigenvalue weighted by molar-refractivity contribution is 5.76. The van der Waals surface area contributed by atoms with E-state index in [9.17, 15) is 4.79 Å². The number of carbonyl (C=O) groups is 1. The molecule has 0 aromatic heterocycles. The zero-order valence-electron chi connectivity index (χ0n) is 17.9. The summed E-state index contributed by atoms with van der Waals surface area (Å²) in [6, 6.07) is 16.0. The van der Waals surface area contributed by atoms with Crippen molar-refractivity contribution in [3.05, 3.63) is 48.5 Å². The molecule has 2 aromatic carbocycles. The fraction of sp³-hybridized carbons (Fsp3) is 0.458. The average molecular weight is 413 g/mol. The number of para-hydroxylation sites is 2. The van der Waals surface area contributed by atoms with Gasteiger partial charge >= 0.3 is 0 Å². The third-order valence-corrected chi connectivity index (χ3v) is 5.25. The Kier molecular flexibility index (Phi) is 8.24. The minimum Gasteiger partial charge on any atom is -0.497 e. The highest BCUT2D eigenvalue weighted by atomic mass is 16.5. The summed E-state index contributed by atoms with van der Waals surface area (Å²) in [5.41, 5.74) is 1.20. The van der Waals surface area contributed by atoms with Gasteiger partial charge < -0.3 is 24.4 Å². The van der Waals surface area contributed by atoms with Gasteiger partial charge in [-0.2, -0.15) is 0 Å². The van der Waals surface area contributed by atoms with E-state index in [1.165, 1.54) is 5.69 Å². The predicted octanol–water partition coefficient (Wildman–Crippen LogP) is 4.04. The molecule has 6 heteroatoms. The zero-order chi connectivity index (χ0) is 21.2. The van der Waals surface area contributed by atoms with Crippen molar-refractivity contribution >= 4 is 11.6 Å². The van der Waals surface area contributed by atoms with Crippen molar-refractivity contribution in [2.24, 2.45) is 0 Å². The fourth-order valence-electron chi connectivity index (χ4n) is 3.63. The highest BCUT2D eigenvalue weighted by Gasteiger charge is 2.20. The number of nitrogens with one attached hydrogen (secondary N) is 1.